The molecule has 0 radical (unpaired) electrons. The number of hydrogen-bond acceptors (Lipinski definition) is 2. The van der Waals surface area contributed by atoms with Gasteiger partial charge in [0.05, 0.1) is 6.10 Å². The number of ether oxygens (including phenoxy) is 1. The number of carbonyl (C=O) groups is 1. The van der Waals surface area contributed by atoms with E-state index in [1.807, 2.05) is 17.9 Å². The van der Waals surface area contributed by atoms with Crippen LogP contribution in [0.3, 0.4) is 0 Å². The van der Waals surface area contributed by atoms with Gasteiger partial charge in [-0.3, -0.25) is 4.79 Å². The van der Waals surface area contributed by atoms with Crippen molar-refractivity contribution >= 4 is 33.4 Å². The molecule has 1 saturated heterocycles. The van der Waals surface area contributed by atoms with Crippen LogP contribution >= 0.6 is 27.5 Å². The average molecular weight is 359 g/mol. The summed E-state index contributed by atoms with van der Waals surface area (Å²) in [4.78, 5) is 14.5. The van der Waals surface area contributed by atoms with Crippen molar-refractivity contribution in [1.29, 1.82) is 0 Å². The van der Waals surface area contributed by atoms with Crippen LogP contribution in [-0.2, 0) is 11.2 Å². The topological polar surface area (TPSA) is 29.5 Å². The van der Waals surface area contributed by atoms with Crippen LogP contribution in [0.4, 0.5) is 0 Å². The zero-order valence-corrected chi connectivity index (χ0v) is 13.8. The largest absolute Gasteiger partial charge is 0.376 e. The smallest absolute Gasteiger partial charge is 0.254 e. The van der Waals surface area contributed by atoms with Crippen molar-refractivity contribution in [1.82, 2.24) is 4.90 Å². The number of hydrogen-bond donors (Lipinski definition) is 0. The summed E-state index contributed by atoms with van der Waals surface area (Å²) in [5, 5.41) is 0.722. The van der Waals surface area contributed by atoms with Crippen molar-refractivity contribution in [3.63, 3.8) is 0 Å². The minimum atomic E-state index is 0.0735. The Balaban J connectivity index is 1.86. The predicted octanol–water partition coefficient (Wildman–Crippen LogP) is 3.59. The van der Waals surface area contributed by atoms with E-state index < -0.39 is 0 Å². The third-order valence-corrected chi connectivity index (χ3v) is 5.48. The van der Waals surface area contributed by atoms with E-state index in [2.05, 4.69) is 15.9 Å². The lowest BCUT2D eigenvalue weighted by molar-refractivity contribution is 0.0510. The second kappa shape index (κ2) is 5.66. The molecule has 0 aromatic heterocycles. The fourth-order valence-corrected chi connectivity index (χ4v) is 3.77. The van der Waals surface area contributed by atoms with Crippen LogP contribution in [0.1, 0.15) is 34.3 Å². The SMILES string of the molecule is Cc1c(Br)cc2c(c1Cl)CCN(CC1CCCO1)C2=O. The van der Waals surface area contributed by atoms with E-state index in [0.29, 0.717) is 6.54 Å². The van der Waals surface area contributed by atoms with E-state index in [1.165, 1.54) is 0 Å². The molecular weight excluding hydrogens is 342 g/mol. The van der Waals surface area contributed by atoms with Gasteiger partial charge in [0.15, 0.2) is 0 Å². The van der Waals surface area contributed by atoms with E-state index in [1.54, 1.807) is 0 Å². The Hall–Kier alpha value is -0.580. The molecule has 1 aromatic rings. The summed E-state index contributed by atoms with van der Waals surface area (Å²) in [6, 6.07) is 1.90. The molecular formula is C15H17BrClNO2. The summed E-state index contributed by atoms with van der Waals surface area (Å²) in [5.41, 5.74) is 2.73. The number of carbonyl (C=O) groups excluding carboxylic acids is 1. The highest BCUT2D eigenvalue weighted by Gasteiger charge is 2.30. The highest BCUT2D eigenvalue weighted by Crippen LogP contribution is 2.34. The van der Waals surface area contributed by atoms with Gasteiger partial charge in [0, 0.05) is 34.8 Å². The van der Waals surface area contributed by atoms with Gasteiger partial charge < -0.3 is 9.64 Å². The summed E-state index contributed by atoms with van der Waals surface area (Å²) in [7, 11) is 0. The molecule has 2 aliphatic rings. The molecule has 108 valence electrons. The van der Waals surface area contributed by atoms with Crippen molar-refractivity contribution in [3.8, 4) is 0 Å². The first kappa shape index (κ1) is 14.4. The second-order valence-electron chi connectivity index (χ2n) is 5.46. The third kappa shape index (κ3) is 2.49. The average Bonchev–Trinajstić information content (AvgIpc) is 2.93. The van der Waals surface area contributed by atoms with E-state index in [9.17, 15) is 4.79 Å². The van der Waals surface area contributed by atoms with E-state index >= 15 is 0 Å². The second-order valence-corrected chi connectivity index (χ2v) is 6.69. The molecule has 0 aliphatic carbocycles. The monoisotopic (exact) mass is 357 g/mol. The van der Waals surface area contributed by atoms with Gasteiger partial charge in [-0.05, 0) is 43.4 Å². The molecule has 1 fully saturated rings. The first-order valence-electron chi connectivity index (χ1n) is 6.96. The molecule has 3 rings (SSSR count). The Labute approximate surface area is 132 Å². The molecule has 0 N–H and O–H groups in total. The lowest BCUT2D eigenvalue weighted by Crippen LogP contribution is -2.42. The van der Waals surface area contributed by atoms with Gasteiger partial charge in [-0.2, -0.15) is 0 Å². The Morgan fingerprint density at radius 1 is 1.55 bits per heavy atom. The van der Waals surface area contributed by atoms with Gasteiger partial charge in [-0.1, -0.05) is 27.5 Å². The Bertz CT molecular complexity index is 555. The van der Waals surface area contributed by atoms with Crippen LogP contribution < -0.4 is 0 Å². The van der Waals surface area contributed by atoms with Crippen LogP contribution in [0.2, 0.25) is 5.02 Å². The number of rotatable bonds is 2. The molecule has 1 atom stereocenters. The molecule has 1 unspecified atom stereocenters. The predicted molar refractivity (Wildman–Crippen MR) is 82.5 cm³/mol. The van der Waals surface area contributed by atoms with Crippen LogP contribution in [-0.4, -0.2) is 36.6 Å². The van der Waals surface area contributed by atoms with E-state index in [4.69, 9.17) is 16.3 Å². The molecule has 1 aromatic carbocycles. The van der Waals surface area contributed by atoms with Gasteiger partial charge in [-0.25, -0.2) is 0 Å². The van der Waals surface area contributed by atoms with Gasteiger partial charge in [0.25, 0.3) is 5.91 Å². The molecule has 20 heavy (non-hydrogen) atoms. The lowest BCUT2D eigenvalue weighted by Gasteiger charge is -2.31. The maximum atomic E-state index is 12.6. The molecule has 3 nitrogen and oxygen atoms in total. The first-order chi connectivity index (χ1) is 9.58. The number of amides is 1. The molecule has 2 aliphatic heterocycles. The molecule has 2 heterocycles. The summed E-state index contributed by atoms with van der Waals surface area (Å²) in [6.45, 7) is 4.21. The van der Waals surface area contributed by atoms with Crippen molar-refractivity contribution in [3.05, 3.63) is 32.3 Å². The number of halogens is 2. The number of benzene rings is 1. The standard InChI is InChI=1S/C15H17BrClNO2/c1-9-13(16)7-12-11(14(9)17)4-5-18(15(12)19)8-10-3-2-6-20-10/h7,10H,2-6,8H2,1H3. The quantitative estimate of drug-likeness (QED) is 0.808. The van der Waals surface area contributed by atoms with E-state index in [-0.39, 0.29) is 12.0 Å². The third-order valence-electron chi connectivity index (χ3n) is 4.15. The van der Waals surface area contributed by atoms with Crippen LogP contribution in [0.5, 0.6) is 0 Å². The van der Waals surface area contributed by atoms with Crippen LogP contribution in [0.15, 0.2) is 10.5 Å². The Kier molecular flexibility index (Phi) is 4.07. The highest BCUT2D eigenvalue weighted by atomic mass is 79.9. The fraction of sp³-hybridized carbons (Fsp3) is 0.533. The number of nitrogens with zero attached hydrogens (tertiary/aromatic N) is 1. The lowest BCUT2D eigenvalue weighted by atomic mass is 9.96. The highest BCUT2D eigenvalue weighted by molar-refractivity contribution is 9.10. The van der Waals surface area contributed by atoms with Gasteiger partial charge in [0.1, 0.15) is 0 Å². The van der Waals surface area contributed by atoms with Crippen molar-refractivity contribution in [2.24, 2.45) is 0 Å². The fourth-order valence-electron chi connectivity index (χ4n) is 2.93. The van der Waals surface area contributed by atoms with Crippen molar-refractivity contribution < 1.29 is 9.53 Å². The minimum Gasteiger partial charge on any atom is -0.376 e. The molecule has 0 saturated carbocycles. The van der Waals surface area contributed by atoms with Gasteiger partial charge in [-0.15, -0.1) is 0 Å². The summed E-state index contributed by atoms with van der Waals surface area (Å²) in [5.74, 6) is 0.0735. The molecule has 0 bridgehead atoms. The van der Waals surface area contributed by atoms with E-state index in [0.717, 1.165) is 58.6 Å². The Morgan fingerprint density at radius 3 is 3.05 bits per heavy atom. The summed E-state index contributed by atoms with van der Waals surface area (Å²) >= 11 is 9.86. The maximum Gasteiger partial charge on any atom is 0.254 e. The maximum absolute atomic E-state index is 12.6. The zero-order chi connectivity index (χ0) is 14.3. The zero-order valence-electron chi connectivity index (χ0n) is 11.4. The van der Waals surface area contributed by atoms with Crippen molar-refractivity contribution in [2.45, 2.75) is 32.3 Å². The number of fused-ring (bicyclic) bond motifs is 1. The normalized spacial score (nSPS) is 22.2. The Morgan fingerprint density at radius 2 is 2.35 bits per heavy atom. The molecule has 5 heteroatoms. The van der Waals surface area contributed by atoms with Crippen LogP contribution in [0, 0.1) is 6.92 Å². The van der Waals surface area contributed by atoms with Gasteiger partial charge >= 0.3 is 0 Å². The molecule has 1 amide bonds. The minimum absolute atomic E-state index is 0.0735. The van der Waals surface area contributed by atoms with Gasteiger partial charge in [0.2, 0.25) is 0 Å². The first-order valence-corrected chi connectivity index (χ1v) is 8.13. The molecule has 0 spiro atoms. The van der Waals surface area contributed by atoms with Crippen LogP contribution in [0.25, 0.3) is 0 Å². The summed E-state index contributed by atoms with van der Waals surface area (Å²) in [6.07, 6.45) is 3.17. The summed E-state index contributed by atoms with van der Waals surface area (Å²) < 4.78 is 6.53. The van der Waals surface area contributed by atoms with Crippen molar-refractivity contribution in [2.75, 3.05) is 19.7 Å².